The molecule has 6 nitrogen and oxygen atoms in total. The second-order valence-electron chi connectivity index (χ2n) is 6.27. The number of para-hydroxylation sites is 1. The molecule has 1 heterocycles. The van der Waals surface area contributed by atoms with Gasteiger partial charge in [0, 0.05) is 26.1 Å². The average molecular weight is 363 g/mol. The van der Waals surface area contributed by atoms with Crippen molar-refractivity contribution >= 4 is 5.91 Å². The van der Waals surface area contributed by atoms with Crippen molar-refractivity contribution in [1.29, 1.82) is 0 Å². The molecule has 0 aliphatic carbocycles. The third-order valence-electron chi connectivity index (χ3n) is 4.38. The van der Waals surface area contributed by atoms with E-state index in [-0.39, 0.29) is 11.7 Å². The van der Waals surface area contributed by atoms with Crippen LogP contribution < -0.4 is 5.73 Å². The Morgan fingerprint density at radius 3 is 2.33 bits per heavy atom. The van der Waals surface area contributed by atoms with Crippen LogP contribution in [0.4, 0.5) is 0 Å². The van der Waals surface area contributed by atoms with Gasteiger partial charge >= 0.3 is 0 Å². The van der Waals surface area contributed by atoms with Gasteiger partial charge in [-0.15, -0.1) is 5.10 Å². The van der Waals surface area contributed by atoms with Crippen LogP contribution >= 0.6 is 0 Å². The molecule has 0 spiro atoms. The predicted octanol–water partition coefficient (Wildman–Crippen LogP) is 2.47. The van der Waals surface area contributed by atoms with Crippen molar-refractivity contribution in [2.24, 2.45) is 5.73 Å². The number of rotatable bonds is 8. The molecule has 0 aliphatic rings. The maximum absolute atomic E-state index is 13.0. The van der Waals surface area contributed by atoms with Crippen LogP contribution in [0.3, 0.4) is 0 Å². The quantitative estimate of drug-likeness (QED) is 0.667. The van der Waals surface area contributed by atoms with E-state index in [0.29, 0.717) is 26.1 Å². The molecule has 0 atom stereocenters. The molecular weight excluding hydrogens is 338 g/mol. The number of aryl methyl sites for hydroxylation is 1. The molecule has 1 aromatic heterocycles. The van der Waals surface area contributed by atoms with Crippen LogP contribution in [0.5, 0.6) is 0 Å². The van der Waals surface area contributed by atoms with E-state index in [1.807, 2.05) is 55.5 Å². The van der Waals surface area contributed by atoms with Gasteiger partial charge in [-0.25, -0.2) is 9.67 Å². The largest absolute Gasteiger partial charge is 0.334 e. The molecular formula is C21H25N5O. The van der Waals surface area contributed by atoms with Crippen LogP contribution in [0, 0.1) is 0 Å². The van der Waals surface area contributed by atoms with Crippen LogP contribution in [0.25, 0.3) is 5.69 Å². The zero-order valence-corrected chi connectivity index (χ0v) is 15.6. The van der Waals surface area contributed by atoms with E-state index in [0.717, 1.165) is 17.9 Å². The summed E-state index contributed by atoms with van der Waals surface area (Å²) in [4.78, 5) is 19.2. The summed E-state index contributed by atoms with van der Waals surface area (Å²) in [5, 5.41) is 4.48. The van der Waals surface area contributed by atoms with Gasteiger partial charge in [0.1, 0.15) is 5.82 Å². The molecule has 1 amide bonds. The number of nitrogens with zero attached hydrogens (tertiary/aromatic N) is 4. The number of carbonyl (C=O) groups excluding carboxylic acids is 1. The van der Waals surface area contributed by atoms with E-state index in [4.69, 9.17) is 5.73 Å². The normalized spacial score (nSPS) is 10.7. The standard InChI is InChI=1S/C21H25N5O/c1-2-19-23-20(24-26(19)18-11-7-4-8-12-18)21(27)25(16-14-22)15-13-17-9-5-3-6-10-17/h3-12H,2,13-16,22H2,1H3. The second kappa shape index (κ2) is 9.09. The number of nitrogens with two attached hydrogens (primary N) is 1. The first kappa shape index (κ1) is 18.8. The second-order valence-corrected chi connectivity index (χ2v) is 6.27. The molecule has 3 aromatic rings. The molecule has 0 fully saturated rings. The SMILES string of the molecule is CCc1nc(C(=O)N(CCN)CCc2ccccc2)nn1-c1ccccc1. The summed E-state index contributed by atoms with van der Waals surface area (Å²) in [6.45, 7) is 3.47. The molecule has 2 aromatic carbocycles. The van der Waals surface area contributed by atoms with Gasteiger partial charge in [0.05, 0.1) is 5.69 Å². The van der Waals surface area contributed by atoms with E-state index >= 15 is 0 Å². The molecule has 3 rings (SSSR count). The lowest BCUT2D eigenvalue weighted by atomic mass is 10.1. The van der Waals surface area contributed by atoms with Gasteiger partial charge < -0.3 is 10.6 Å². The first-order chi connectivity index (χ1) is 13.2. The minimum absolute atomic E-state index is 0.180. The van der Waals surface area contributed by atoms with Crippen molar-refractivity contribution in [2.75, 3.05) is 19.6 Å². The number of hydrogen-bond acceptors (Lipinski definition) is 4. The highest BCUT2D eigenvalue weighted by atomic mass is 16.2. The monoisotopic (exact) mass is 363 g/mol. The Labute approximate surface area is 159 Å². The Morgan fingerprint density at radius 1 is 1.04 bits per heavy atom. The van der Waals surface area contributed by atoms with Crippen molar-refractivity contribution in [3.63, 3.8) is 0 Å². The van der Waals surface area contributed by atoms with E-state index in [9.17, 15) is 4.79 Å². The van der Waals surface area contributed by atoms with Crippen molar-refractivity contribution in [1.82, 2.24) is 19.7 Å². The fraction of sp³-hybridized carbons (Fsp3) is 0.286. The lowest BCUT2D eigenvalue weighted by molar-refractivity contribution is 0.0750. The van der Waals surface area contributed by atoms with Crippen molar-refractivity contribution in [3.05, 3.63) is 77.9 Å². The van der Waals surface area contributed by atoms with Crippen LogP contribution in [0.2, 0.25) is 0 Å². The van der Waals surface area contributed by atoms with E-state index in [2.05, 4.69) is 22.2 Å². The molecule has 140 valence electrons. The molecule has 27 heavy (non-hydrogen) atoms. The van der Waals surface area contributed by atoms with Crippen LogP contribution in [-0.2, 0) is 12.8 Å². The summed E-state index contributed by atoms with van der Waals surface area (Å²) in [7, 11) is 0. The van der Waals surface area contributed by atoms with Crippen LogP contribution in [0.1, 0.15) is 28.9 Å². The summed E-state index contributed by atoms with van der Waals surface area (Å²) in [5.41, 5.74) is 7.81. The van der Waals surface area contributed by atoms with E-state index < -0.39 is 0 Å². The number of benzene rings is 2. The number of carbonyl (C=O) groups is 1. The van der Waals surface area contributed by atoms with Gasteiger partial charge in [0.25, 0.3) is 5.91 Å². The summed E-state index contributed by atoms with van der Waals surface area (Å²) in [6, 6.07) is 19.8. The van der Waals surface area contributed by atoms with Gasteiger partial charge in [0.2, 0.25) is 5.82 Å². The van der Waals surface area contributed by atoms with Crippen LogP contribution in [-0.4, -0.2) is 45.2 Å². The van der Waals surface area contributed by atoms with Crippen LogP contribution in [0.15, 0.2) is 60.7 Å². The lowest BCUT2D eigenvalue weighted by Crippen LogP contribution is -2.37. The average Bonchev–Trinajstić information content (AvgIpc) is 3.16. The van der Waals surface area contributed by atoms with Gasteiger partial charge in [-0.05, 0) is 24.1 Å². The van der Waals surface area contributed by atoms with Crippen molar-refractivity contribution in [2.45, 2.75) is 19.8 Å². The van der Waals surface area contributed by atoms with Gasteiger partial charge in [0.15, 0.2) is 0 Å². The highest BCUT2D eigenvalue weighted by Gasteiger charge is 2.22. The molecule has 0 saturated carbocycles. The number of aromatic nitrogens is 3. The predicted molar refractivity (Wildman–Crippen MR) is 106 cm³/mol. The Hall–Kier alpha value is -2.99. The molecule has 0 unspecified atom stereocenters. The fourth-order valence-corrected chi connectivity index (χ4v) is 2.96. The topological polar surface area (TPSA) is 77.0 Å². The molecule has 0 bridgehead atoms. The van der Waals surface area contributed by atoms with E-state index in [1.165, 1.54) is 5.56 Å². The zero-order valence-electron chi connectivity index (χ0n) is 15.6. The van der Waals surface area contributed by atoms with E-state index in [1.54, 1.807) is 9.58 Å². The molecule has 0 aliphatic heterocycles. The Bertz CT molecular complexity index is 861. The first-order valence-corrected chi connectivity index (χ1v) is 9.27. The van der Waals surface area contributed by atoms with Crippen molar-refractivity contribution < 1.29 is 4.79 Å². The van der Waals surface area contributed by atoms with Gasteiger partial charge in [-0.1, -0.05) is 55.5 Å². The third-order valence-corrected chi connectivity index (χ3v) is 4.38. The number of amides is 1. The summed E-state index contributed by atoms with van der Waals surface area (Å²) >= 11 is 0. The highest BCUT2D eigenvalue weighted by Crippen LogP contribution is 2.12. The molecule has 6 heteroatoms. The third kappa shape index (κ3) is 4.60. The Balaban J connectivity index is 1.80. The Morgan fingerprint density at radius 2 is 1.70 bits per heavy atom. The number of hydrogen-bond donors (Lipinski definition) is 1. The molecule has 2 N–H and O–H groups in total. The summed E-state index contributed by atoms with van der Waals surface area (Å²) in [6.07, 6.45) is 1.46. The maximum Gasteiger partial charge on any atom is 0.293 e. The van der Waals surface area contributed by atoms with Crippen molar-refractivity contribution in [3.8, 4) is 5.69 Å². The Kier molecular flexibility index (Phi) is 6.33. The van der Waals surface area contributed by atoms with Gasteiger partial charge in [-0.2, -0.15) is 0 Å². The van der Waals surface area contributed by atoms with Gasteiger partial charge in [-0.3, -0.25) is 4.79 Å². The summed E-state index contributed by atoms with van der Waals surface area (Å²) < 4.78 is 1.74. The minimum Gasteiger partial charge on any atom is -0.334 e. The first-order valence-electron chi connectivity index (χ1n) is 9.27. The minimum atomic E-state index is -0.180. The molecule has 0 radical (unpaired) electrons. The lowest BCUT2D eigenvalue weighted by Gasteiger charge is -2.20. The fourth-order valence-electron chi connectivity index (χ4n) is 2.96. The zero-order chi connectivity index (χ0) is 19.1. The molecule has 0 saturated heterocycles. The maximum atomic E-state index is 13.0. The summed E-state index contributed by atoms with van der Waals surface area (Å²) in [5.74, 6) is 0.804. The highest BCUT2D eigenvalue weighted by molar-refractivity contribution is 5.90. The smallest absolute Gasteiger partial charge is 0.293 e.